The fraction of sp³-hybridized carbons (Fsp3) is 1.00. The van der Waals surface area contributed by atoms with Crippen LogP contribution in [-0.2, 0) is 0 Å². The van der Waals surface area contributed by atoms with Crippen LogP contribution in [0.15, 0.2) is 0 Å². The summed E-state index contributed by atoms with van der Waals surface area (Å²) in [6.45, 7) is 2.20. The Kier molecular flexibility index (Phi) is 3.10. The number of hydrogen-bond acceptors (Lipinski definition) is 3. The largest absolute Gasteiger partial charge is 0.368 e. The summed E-state index contributed by atoms with van der Waals surface area (Å²) in [6.07, 6.45) is 3.67. The Morgan fingerprint density at radius 1 is 1.14 bits per heavy atom. The SMILES string of the molecule is CN1CCCC(C(C(O)O)C2CC2)C1. The van der Waals surface area contributed by atoms with Gasteiger partial charge in [-0.25, -0.2) is 0 Å². The average Bonchev–Trinajstić information content (AvgIpc) is 2.88. The second-order valence-corrected chi connectivity index (χ2v) is 4.99. The summed E-state index contributed by atoms with van der Waals surface area (Å²) in [5, 5.41) is 18.8. The fourth-order valence-electron chi connectivity index (χ4n) is 2.87. The zero-order chi connectivity index (χ0) is 10.1. The first-order valence-electron chi connectivity index (χ1n) is 5.73. The van der Waals surface area contributed by atoms with Gasteiger partial charge < -0.3 is 15.1 Å². The van der Waals surface area contributed by atoms with Crippen LogP contribution in [0, 0.1) is 17.8 Å². The molecular formula is C11H21NO2. The topological polar surface area (TPSA) is 43.7 Å². The quantitative estimate of drug-likeness (QED) is 0.656. The Labute approximate surface area is 85.7 Å². The van der Waals surface area contributed by atoms with Gasteiger partial charge in [-0.2, -0.15) is 0 Å². The van der Waals surface area contributed by atoms with Gasteiger partial charge in [-0.1, -0.05) is 0 Å². The molecule has 0 aromatic rings. The molecule has 2 N–H and O–H groups in total. The van der Waals surface area contributed by atoms with Crippen molar-refractivity contribution in [3.05, 3.63) is 0 Å². The molecular weight excluding hydrogens is 178 g/mol. The lowest BCUT2D eigenvalue weighted by Crippen LogP contribution is -2.40. The lowest BCUT2D eigenvalue weighted by atomic mass is 9.82. The highest BCUT2D eigenvalue weighted by Crippen LogP contribution is 2.44. The number of rotatable bonds is 3. The average molecular weight is 199 g/mol. The fourth-order valence-corrected chi connectivity index (χ4v) is 2.87. The minimum atomic E-state index is -1.10. The van der Waals surface area contributed by atoms with Gasteiger partial charge >= 0.3 is 0 Å². The molecule has 3 heteroatoms. The first-order valence-corrected chi connectivity index (χ1v) is 5.73. The zero-order valence-electron chi connectivity index (χ0n) is 8.89. The van der Waals surface area contributed by atoms with Gasteiger partial charge in [0.05, 0.1) is 0 Å². The predicted molar refractivity (Wildman–Crippen MR) is 54.7 cm³/mol. The molecule has 3 nitrogen and oxygen atoms in total. The molecule has 1 saturated carbocycles. The summed E-state index contributed by atoms with van der Waals surface area (Å²) in [7, 11) is 2.12. The van der Waals surface area contributed by atoms with Gasteiger partial charge in [0.1, 0.15) is 0 Å². The lowest BCUT2D eigenvalue weighted by Gasteiger charge is -2.36. The molecule has 2 unspecified atom stereocenters. The van der Waals surface area contributed by atoms with Crippen molar-refractivity contribution < 1.29 is 10.2 Å². The summed E-state index contributed by atoms with van der Waals surface area (Å²) in [5.74, 6) is 1.23. The molecule has 14 heavy (non-hydrogen) atoms. The predicted octanol–water partition coefficient (Wildman–Crippen LogP) is 0.665. The molecule has 0 spiro atoms. The van der Waals surface area contributed by atoms with Crippen molar-refractivity contribution in [1.82, 2.24) is 4.90 Å². The lowest BCUT2D eigenvalue weighted by molar-refractivity contribution is -0.114. The molecule has 0 aromatic carbocycles. The molecule has 0 bridgehead atoms. The highest BCUT2D eigenvalue weighted by atomic mass is 16.5. The Morgan fingerprint density at radius 3 is 2.36 bits per heavy atom. The Morgan fingerprint density at radius 2 is 1.86 bits per heavy atom. The van der Waals surface area contributed by atoms with E-state index in [1.165, 1.54) is 25.7 Å². The van der Waals surface area contributed by atoms with E-state index in [4.69, 9.17) is 0 Å². The van der Waals surface area contributed by atoms with Gasteiger partial charge in [0.15, 0.2) is 6.29 Å². The van der Waals surface area contributed by atoms with Crippen LogP contribution in [0.5, 0.6) is 0 Å². The number of piperidine rings is 1. The van der Waals surface area contributed by atoms with Gasteiger partial charge in [0.25, 0.3) is 0 Å². The van der Waals surface area contributed by atoms with Crippen LogP contribution in [0.4, 0.5) is 0 Å². The summed E-state index contributed by atoms with van der Waals surface area (Å²) in [5.41, 5.74) is 0. The zero-order valence-corrected chi connectivity index (χ0v) is 8.89. The standard InChI is InChI=1S/C11H21NO2/c1-12-6-2-3-9(7-12)10(11(13)14)8-4-5-8/h8-11,13-14H,2-7H2,1H3. The summed E-state index contributed by atoms with van der Waals surface area (Å²) < 4.78 is 0. The third-order valence-corrected chi connectivity index (χ3v) is 3.72. The van der Waals surface area contributed by atoms with Crippen molar-refractivity contribution in [1.29, 1.82) is 0 Å². The van der Waals surface area contributed by atoms with Crippen LogP contribution in [0.25, 0.3) is 0 Å². The van der Waals surface area contributed by atoms with Crippen molar-refractivity contribution in [3.63, 3.8) is 0 Å². The minimum Gasteiger partial charge on any atom is -0.368 e. The maximum Gasteiger partial charge on any atom is 0.154 e. The van der Waals surface area contributed by atoms with Crippen molar-refractivity contribution in [2.24, 2.45) is 17.8 Å². The Hall–Kier alpha value is -0.120. The smallest absolute Gasteiger partial charge is 0.154 e. The van der Waals surface area contributed by atoms with E-state index < -0.39 is 6.29 Å². The van der Waals surface area contributed by atoms with Gasteiger partial charge in [-0.3, -0.25) is 0 Å². The molecule has 0 amide bonds. The summed E-state index contributed by atoms with van der Waals surface area (Å²) >= 11 is 0. The number of aliphatic hydroxyl groups is 2. The van der Waals surface area contributed by atoms with E-state index in [9.17, 15) is 10.2 Å². The molecule has 0 aromatic heterocycles. The van der Waals surface area contributed by atoms with Crippen molar-refractivity contribution >= 4 is 0 Å². The number of likely N-dealkylation sites (tertiary alicyclic amines) is 1. The first-order chi connectivity index (χ1) is 6.68. The van der Waals surface area contributed by atoms with Crippen molar-refractivity contribution in [2.45, 2.75) is 32.0 Å². The van der Waals surface area contributed by atoms with Gasteiger partial charge in [-0.15, -0.1) is 0 Å². The number of hydrogen-bond donors (Lipinski definition) is 2. The number of aliphatic hydroxyl groups excluding tert-OH is 1. The maximum absolute atomic E-state index is 9.40. The molecule has 1 aliphatic carbocycles. The third kappa shape index (κ3) is 2.27. The van der Waals surface area contributed by atoms with Gasteiger partial charge in [0.2, 0.25) is 0 Å². The Bertz CT molecular complexity index is 190. The minimum absolute atomic E-state index is 0.137. The van der Waals surface area contributed by atoms with Crippen LogP contribution in [0.3, 0.4) is 0 Å². The monoisotopic (exact) mass is 199 g/mol. The second-order valence-electron chi connectivity index (χ2n) is 4.99. The molecule has 1 heterocycles. The molecule has 1 saturated heterocycles. The van der Waals surface area contributed by atoms with E-state index in [0.29, 0.717) is 11.8 Å². The van der Waals surface area contributed by atoms with Crippen molar-refractivity contribution in [2.75, 3.05) is 20.1 Å². The van der Waals surface area contributed by atoms with E-state index in [-0.39, 0.29) is 5.92 Å². The second kappa shape index (κ2) is 4.17. The summed E-state index contributed by atoms with van der Waals surface area (Å²) in [6, 6.07) is 0. The molecule has 1 aliphatic heterocycles. The van der Waals surface area contributed by atoms with Crippen LogP contribution in [-0.4, -0.2) is 41.5 Å². The van der Waals surface area contributed by atoms with Crippen LogP contribution in [0.2, 0.25) is 0 Å². The molecule has 82 valence electrons. The highest BCUT2D eigenvalue weighted by molar-refractivity contribution is 4.89. The van der Waals surface area contributed by atoms with Gasteiger partial charge in [-0.05, 0) is 51.1 Å². The van der Waals surface area contributed by atoms with E-state index >= 15 is 0 Å². The van der Waals surface area contributed by atoms with Gasteiger partial charge in [0, 0.05) is 12.5 Å². The van der Waals surface area contributed by atoms with Crippen LogP contribution >= 0.6 is 0 Å². The van der Waals surface area contributed by atoms with E-state index in [0.717, 1.165) is 13.1 Å². The molecule has 0 radical (unpaired) electrons. The molecule has 2 atom stereocenters. The van der Waals surface area contributed by atoms with E-state index in [1.54, 1.807) is 0 Å². The Balaban J connectivity index is 1.95. The molecule has 2 aliphatic rings. The molecule has 2 fully saturated rings. The molecule has 2 rings (SSSR count). The van der Waals surface area contributed by atoms with Crippen molar-refractivity contribution in [3.8, 4) is 0 Å². The highest BCUT2D eigenvalue weighted by Gasteiger charge is 2.41. The summed E-state index contributed by atoms with van der Waals surface area (Å²) in [4.78, 5) is 2.31. The van der Waals surface area contributed by atoms with E-state index in [2.05, 4.69) is 11.9 Å². The normalized spacial score (nSPS) is 32.1. The third-order valence-electron chi connectivity index (χ3n) is 3.72. The van der Waals surface area contributed by atoms with Crippen LogP contribution < -0.4 is 0 Å². The maximum atomic E-state index is 9.40. The number of nitrogens with zero attached hydrogens (tertiary/aromatic N) is 1. The first kappa shape index (κ1) is 10.4. The van der Waals surface area contributed by atoms with Crippen LogP contribution in [0.1, 0.15) is 25.7 Å². The van der Waals surface area contributed by atoms with E-state index in [1.807, 2.05) is 0 Å².